The number of rotatable bonds is 1. The Morgan fingerprint density at radius 2 is 2.00 bits per heavy atom. The summed E-state index contributed by atoms with van der Waals surface area (Å²) in [5, 5.41) is 10.1. The maximum absolute atomic E-state index is 13.0. The van der Waals surface area contributed by atoms with Crippen molar-refractivity contribution in [2.24, 2.45) is 7.05 Å². The lowest BCUT2D eigenvalue weighted by Crippen LogP contribution is -2.15. The van der Waals surface area contributed by atoms with Crippen LogP contribution in [0.15, 0.2) is 24.4 Å². The van der Waals surface area contributed by atoms with Crippen LogP contribution in [0.1, 0.15) is 47.1 Å². The second kappa shape index (κ2) is 5.41. The fourth-order valence-corrected chi connectivity index (χ4v) is 5.41. The van der Waals surface area contributed by atoms with Gasteiger partial charge in [-0.1, -0.05) is 0 Å². The molecule has 0 saturated carbocycles. The van der Waals surface area contributed by atoms with Gasteiger partial charge in [-0.25, -0.2) is 0 Å². The van der Waals surface area contributed by atoms with Gasteiger partial charge in [0.05, 0.1) is 16.8 Å². The van der Waals surface area contributed by atoms with E-state index in [1.165, 1.54) is 22.0 Å². The highest BCUT2D eigenvalue weighted by Gasteiger charge is 2.35. The van der Waals surface area contributed by atoms with E-state index in [0.29, 0.717) is 12.6 Å². The van der Waals surface area contributed by atoms with Gasteiger partial charge in [0.1, 0.15) is 0 Å². The lowest BCUT2D eigenvalue weighted by Gasteiger charge is -2.22. The molecular formula is C23H23N5O. The molecule has 0 radical (unpaired) electrons. The zero-order chi connectivity index (χ0) is 20.0. The number of aryl methyl sites for hydroxylation is 3. The van der Waals surface area contributed by atoms with E-state index in [1.54, 1.807) is 0 Å². The van der Waals surface area contributed by atoms with Crippen molar-refractivity contribution >= 4 is 33.4 Å². The van der Waals surface area contributed by atoms with E-state index < -0.39 is 0 Å². The summed E-state index contributed by atoms with van der Waals surface area (Å²) < 4.78 is 4.29. The molecule has 0 saturated heterocycles. The standard InChI is InChI=1S/C23H23N5O/c1-11(2)28-18-7-4-12(24)8-14(18)20-15-9-25-23(29)21(15)19-13(22(20)28)5-6-17-16(19)10-27(3)26-17/h4,7-8,10-11H,5-6,9,24H2,1-3H3,(H,25,29). The summed E-state index contributed by atoms with van der Waals surface area (Å²) >= 11 is 0. The molecule has 3 N–H and O–H groups in total. The molecular weight excluding hydrogens is 362 g/mol. The number of amides is 1. The Kier molecular flexibility index (Phi) is 3.10. The summed E-state index contributed by atoms with van der Waals surface area (Å²) in [6.07, 6.45) is 3.83. The number of aromatic nitrogens is 3. The minimum Gasteiger partial charge on any atom is -0.399 e. The number of nitrogens with one attached hydrogen (secondary N) is 1. The van der Waals surface area contributed by atoms with Gasteiger partial charge in [-0.3, -0.25) is 9.48 Å². The van der Waals surface area contributed by atoms with Gasteiger partial charge in [0.15, 0.2) is 0 Å². The summed E-state index contributed by atoms with van der Waals surface area (Å²) in [6, 6.07) is 6.44. The molecule has 0 fully saturated rings. The van der Waals surface area contributed by atoms with E-state index >= 15 is 0 Å². The van der Waals surface area contributed by atoms with Crippen LogP contribution in [0.2, 0.25) is 0 Å². The van der Waals surface area contributed by atoms with E-state index in [-0.39, 0.29) is 5.91 Å². The molecule has 4 aromatic rings. The number of fused-ring (bicyclic) bond motifs is 10. The Morgan fingerprint density at radius 3 is 2.79 bits per heavy atom. The molecule has 2 aromatic carbocycles. The Labute approximate surface area is 168 Å². The summed E-state index contributed by atoms with van der Waals surface area (Å²) in [7, 11) is 1.95. The van der Waals surface area contributed by atoms with Gasteiger partial charge in [0.2, 0.25) is 0 Å². The molecule has 6 nitrogen and oxygen atoms in total. The van der Waals surface area contributed by atoms with Crippen LogP contribution in [0, 0.1) is 0 Å². The highest BCUT2D eigenvalue weighted by atomic mass is 16.1. The van der Waals surface area contributed by atoms with Crippen LogP contribution in [0.25, 0.3) is 32.9 Å². The van der Waals surface area contributed by atoms with Crippen molar-refractivity contribution in [1.82, 2.24) is 19.7 Å². The van der Waals surface area contributed by atoms with Crippen LogP contribution in [-0.4, -0.2) is 20.3 Å². The van der Waals surface area contributed by atoms with Gasteiger partial charge in [-0.05, 0) is 56.0 Å². The largest absolute Gasteiger partial charge is 0.399 e. The van der Waals surface area contributed by atoms with Gasteiger partial charge in [-0.15, -0.1) is 0 Å². The minimum atomic E-state index is 0.0178. The minimum absolute atomic E-state index is 0.0178. The summed E-state index contributed by atoms with van der Waals surface area (Å²) in [6.45, 7) is 4.99. The molecule has 0 spiro atoms. The van der Waals surface area contributed by atoms with Crippen molar-refractivity contribution in [3.05, 3.63) is 46.8 Å². The van der Waals surface area contributed by atoms with E-state index in [4.69, 9.17) is 5.73 Å². The first-order valence-corrected chi connectivity index (χ1v) is 10.2. The molecule has 29 heavy (non-hydrogen) atoms. The zero-order valence-electron chi connectivity index (χ0n) is 16.8. The smallest absolute Gasteiger partial charge is 0.252 e. The van der Waals surface area contributed by atoms with Crippen LogP contribution in [0.3, 0.4) is 0 Å². The third-order valence-corrected chi connectivity index (χ3v) is 6.42. The molecule has 0 atom stereocenters. The Bertz CT molecular complexity index is 1370. The zero-order valence-corrected chi connectivity index (χ0v) is 16.8. The van der Waals surface area contributed by atoms with Crippen molar-refractivity contribution in [2.45, 2.75) is 39.3 Å². The molecule has 1 amide bonds. The van der Waals surface area contributed by atoms with Crippen LogP contribution < -0.4 is 11.1 Å². The highest BCUT2D eigenvalue weighted by molar-refractivity contribution is 6.19. The maximum atomic E-state index is 13.0. The first-order valence-electron chi connectivity index (χ1n) is 10.2. The average Bonchev–Trinajstić information content (AvgIpc) is 3.33. The van der Waals surface area contributed by atoms with E-state index in [2.05, 4.69) is 47.2 Å². The molecule has 0 bridgehead atoms. The normalized spacial score (nSPS) is 15.1. The molecule has 0 unspecified atom stereocenters. The number of carbonyl (C=O) groups is 1. The predicted molar refractivity (Wildman–Crippen MR) is 115 cm³/mol. The summed E-state index contributed by atoms with van der Waals surface area (Å²) in [5.74, 6) is 0.0178. The van der Waals surface area contributed by atoms with Gasteiger partial charge < -0.3 is 15.6 Å². The topological polar surface area (TPSA) is 77.9 Å². The second-order valence-corrected chi connectivity index (χ2v) is 8.52. The quantitative estimate of drug-likeness (QED) is 0.491. The molecule has 146 valence electrons. The molecule has 2 aromatic heterocycles. The number of nitrogen functional groups attached to an aromatic ring is 1. The molecule has 6 rings (SSSR count). The fraction of sp³-hybridized carbons (Fsp3) is 0.304. The molecule has 1 aliphatic carbocycles. The van der Waals surface area contributed by atoms with E-state index in [0.717, 1.165) is 51.9 Å². The lowest BCUT2D eigenvalue weighted by molar-refractivity contribution is 0.0966. The highest BCUT2D eigenvalue weighted by Crippen LogP contribution is 2.47. The average molecular weight is 385 g/mol. The van der Waals surface area contributed by atoms with Crippen molar-refractivity contribution in [2.75, 3.05) is 5.73 Å². The Hall–Kier alpha value is -3.28. The first-order chi connectivity index (χ1) is 14.0. The van der Waals surface area contributed by atoms with Gasteiger partial charge >= 0.3 is 0 Å². The Balaban J connectivity index is 1.90. The summed E-state index contributed by atoms with van der Waals surface area (Å²) in [4.78, 5) is 13.0. The van der Waals surface area contributed by atoms with Gasteiger partial charge in [-0.2, -0.15) is 5.10 Å². The summed E-state index contributed by atoms with van der Waals surface area (Å²) in [5.41, 5.74) is 15.8. The number of nitrogens with two attached hydrogens (primary N) is 1. The maximum Gasteiger partial charge on any atom is 0.252 e. The number of hydrogen-bond acceptors (Lipinski definition) is 3. The van der Waals surface area contributed by atoms with E-state index in [9.17, 15) is 4.79 Å². The molecule has 6 heteroatoms. The third kappa shape index (κ3) is 2.01. The van der Waals surface area contributed by atoms with Gasteiger partial charge in [0.25, 0.3) is 5.91 Å². The first kappa shape index (κ1) is 16.7. The van der Waals surface area contributed by atoms with Crippen LogP contribution in [-0.2, 0) is 26.4 Å². The Morgan fingerprint density at radius 1 is 1.17 bits per heavy atom. The van der Waals surface area contributed by atoms with Crippen molar-refractivity contribution in [1.29, 1.82) is 0 Å². The van der Waals surface area contributed by atoms with Crippen molar-refractivity contribution < 1.29 is 4.79 Å². The molecule has 1 aliphatic heterocycles. The number of anilines is 1. The molecule has 2 aliphatic rings. The van der Waals surface area contributed by atoms with E-state index in [1.807, 2.05) is 17.8 Å². The molecule has 3 heterocycles. The monoisotopic (exact) mass is 385 g/mol. The SMILES string of the molecule is CC(C)n1c2ccc(N)cc2c2c3c(c4c(c21)CCc1nn(C)cc1-4)C(=O)NC3. The lowest BCUT2D eigenvalue weighted by atomic mass is 9.82. The van der Waals surface area contributed by atoms with Crippen molar-refractivity contribution in [3.8, 4) is 11.1 Å². The van der Waals surface area contributed by atoms with Crippen LogP contribution >= 0.6 is 0 Å². The van der Waals surface area contributed by atoms with Crippen molar-refractivity contribution in [3.63, 3.8) is 0 Å². The van der Waals surface area contributed by atoms with Crippen LogP contribution in [0.5, 0.6) is 0 Å². The number of carbonyl (C=O) groups excluding carboxylic acids is 1. The fourth-order valence-electron chi connectivity index (χ4n) is 5.41. The van der Waals surface area contributed by atoms with Crippen LogP contribution in [0.4, 0.5) is 5.69 Å². The second-order valence-electron chi connectivity index (χ2n) is 8.52. The van der Waals surface area contributed by atoms with Gasteiger partial charge in [0, 0.05) is 58.9 Å². The number of hydrogen-bond donors (Lipinski definition) is 2. The third-order valence-electron chi connectivity index (χ3n) is 6.42. The number of nitrogens with zero attached hydrogens (tertiary/aromatic N) is 3. The number of benzene rings is 2. The predicted octanol–water partition coefficient (Wildman–Crippen LogP) is 3.70.